The van der Waals surface area contributed by atoms with Gasteiger partial charge >= 0.3 is 0 Å². The van der Waals surface area contributed by atoms with Gasteiger partial charge in [0.05, 0.1) is 5.03 Å². The SMILES string of the molecule is CCCC(Sc1ccccn1)c1ccccc1. The van der Waals surface area contributed by atoms with Crippen LogP contribution in [0, 0.1) is 0 Å². The highest BCUT2D eigenvalue weighted by molar-refractivity contribution is 7.99. The van der Waals surface area contributed by atoms with Gasteiger partial charge in [0.2, 0.25) is 0 Å². The molecule has 2 aromatic rings. The summed E-state index contributed by atoms with van der Waals surface area (Å²) in [5.41, 5.74) is 1.39. The molecule has 1 heterocycles. The molecule has 1 aromatic heterocycles. The van der Waals surface area contributed by atoms with Crippen LogP contribution < -0.4 is 0 Å². The Morgan fingerprint density at radius 3 is 2.47 bits per heavy atom. The number of aromatic nitrogens is 1. The van der Waals surface area contributed by atoms with Crippen LogP contribution in [0.2, 0.25) is 0 Å². The Labute approximate surface area is 107 Å². The molecule has 0 spiro atoms. The molecule has 0 bridgehead atoms. The Bertz CT molecular complexity index is 427. The Morgan fingerprint density at radius 1 is 1.06 bits per heavy atom. The second-order valence-corrected chi connectivity index (χ2v) is 5.20. The number of hydrogen-bond acceptors (Lipinski definition) is 2. The van der Waals surface area contributed by atoms with Gasteiger partial charge < -0.3 is 0 Å². The van der Waals surface area contributed by atoms with E-state index in [1.54, 1.807) is 0 Å². The highest BCUT2D eigenvalue weighted by Crippen LogP contribution is 2.37. The van der Waals surface area contributed by atoms with Crippen molar-refractivity contribution in [2.24, 2.45) is 0 Å². The molecule has 0 amide bonds. The first-order valence-corrected chi connectivity index (χ1v) is 6.90. The van der Waals surface area contributed by atoms with Crippen molar-refractivity contribution in [3.63, 3.8) is 0 Å². The van der Waals surface area contributed by atoms with Gasteiger partial charge in [0.1, 0.15) is 0 Å². The van der Waals surface area contributed by atoms with Gasteiger partial charge in [-0.1, -0.05) is 61.5 Å². The molecule has 1 nitrogen and oxygen atoms in total. The molecule has 0 aliphatic heterocycles. The van der Waals surface area contributed by atoms with Crippen molar-refractivity contribution in [1.29, 1.82) is 0 Å². The second-order valence-electron chi connectivity index (χ2n) is 3.97. The third kappa shape index (κ3) is 3.60. The van der Waals surface area contributed by atoms with Crippen LogP contribution in [0.25, 0.3) is 0 Å². The van der Waals surface area contributed by atoms with Crippen LogP contribution in [-0.2, 0) is 0 Å². The summed E-state index contributed by atoms with van der Waals surface area (Å²) in [5.74, 6) is 0. The van der Waals surface area contributed by atoms with Crippen LogP contribution in [0.3, 0.4) is 0 Å². The third-order valence-electron chi connectivity index (χ3n) is 2.62. The topological polar surface area (TPSA) is 12.9 Å². The lowest BCUT2D eigenvalue weighted by molar-refractivity contribution is 0.776. The number of pyridine rings is 1. The van der Waals surface area contributed by atoms with E-state index in [1.165, 1.54) is 18.4 Å². The molecule has 0 N–H and O–H groups in total. The van der Waals surface area contributed by atoms with Crippen LogP contribution >= 0.6 is 11.8 Å². The molecule has 1 aromatic carbocycles. The Morgan fingerprint density at radius 2 is 1.82 bits per heavy atom. The van der Waals surface area contributed by atoms with E-state index in [0.29, 0.717) is 5.25 Å². The molecule has 0 saturated carbocycles. The summed E-state index contributed by atoms with van der Waals surface area (Å²) >= 11 is 1.86. The average Bonchev–Trinajstić information content (AvgIpc) is 2.40. The van der Waals surface area contributed by atoms with Gasteiger partial charge in [-0.15, -0.1) is 0 Å². The van der Waals surface area contributed by atoms with Crippen molar-refractivity contribution in [3.8, 4) is 0 Å². The largest absolute Gasteiger partial charge is 0.250 e. The first kappa shape index (κ1) is 12.2. The van der Waals surface area contributed by atoms with E-state index in [1.807, 2.05) is 30.1 Å². The Balaban J connectivity index is 2.13. The van der Waals surface area contributed by atoms with Crippen LogP contribution in [0.1, 0.15) is 30.6 Å². The molecule has 2 heteroatoms. The zero-order valence-electron chi connectivity index (χ0n) is 10.0. The second kappa shape index (κ2) is 6.45. The minimum absolute atomic E-state index is 0.510. The van der Waals surface area contributed by atoms with Gasteiger partial charge in [0, 0.05) is 11.4 Å². The van der Waals surface area contributed by atoms with Gasteiger partial charge in [0.25, 0.3) is 0 Å². The third-order valence-corrected chi connectivity index (χ3v) is 3.90. The number of rotatable bonds is 5. The minimum Gasteiger partial charge on any atom is -0.250 e. The molecule has 1 unspecified atom stereocenters. The molecule has 0 fully saturated rings. The van der Waals surface area contributed by atoms with Crippen molar-refractivity contribution in [2.45, 2.75) is 30.0 Å². The van der Waals surface area contributed by atoms with Crippen LogP contribution in [-0.4, -0.2) is 4.98 Å². The van der Waals surface area contributed by atoms with E-state index in [2.05, 4.69) is 48.3 Å². The van der Waals surface area contributed by atoms with Crippen LogP contribution in [0.15, 0.2) is 59.8 Å². The van der Waals surface area contributed by atoms with Gasteiger partial charge in [-0.3, -0.25) is 0 Å². The zero-order valence-corrected chi connectivity index (χ0v) is 10.9. The zero-order chi connectivity index (χ0) is 11.9. The lowest BCUT2D eigenvalue weighted by Gasteiger charge is -2.15. The summed E-state index contributed by atoms with van der Waals surface area (Å²) in [5, 5.41) is 1.62. The summed E-state index contributed by atoms with van der Waals surface area (Å²) in [7, 11) is 0. The molecular formula is C15H17NS. The quantitative estimate of drug-likeness (QED) is 0.705. The van der Waals surface area contributed by atoms with Crippen LogP contribution in [0.5, 0.6) is 0 Å². The predicted octanol–water partition coefficient (Wildman–Crippen LogP) is 4.72. The highest BCUT2D eigenvalue weighted by Gasteiger charge is 2.12. The monoisotopic (exact) mass is 243 g/mol. The molecule has 0 radical (unpaired) electrons. The predicted molar refractivity (Wildman–Crippen MR) is 74.2 cm³/mol. The molecule has 88 valence electrons. The van der Waals surface area contributed by atoms with Gasteiger partial charge in [-0.25, -0.2) is 4.98 Å². The fourth-order valence-corrected chi connectivity index (χ4v) is 3.00. The summed E-state index contributed by atoms with van der Waals surface area (Å²) < 4.78 is 0. The number of nitrogens with zero attached hydrogens (tertiary/aromatic N) is 1. The maximum absolute atomic E-state index is 4.39. The van der Waals surface area contributed by atoms with E-state index >= 15 is 0 Å². The summed E-state index contributed by atoms with van der Waals surface area (Å²) in [6.07, 6.45) is 4.24. The molecule has 1 atom stereocenters. The van der Waals surface area contributed by atoms with Crippen molar-refractivity contribution in [1.82, 2.24) is 4.98 Å². The fraction of sp³-hybridized carbons (Fsp3) is 0.267. The lowest BCUT2D eigenvalue weighted by atomic mass is 10.1. The van der Waals surface area contributed by atoms with E-state index in [4.69, 9.17) is 0 Å². The Hall–Kier alpha value is -1.28. The number of thioether (sulfide) groups is 1. The molecule has 17 heavy (non-hydrogen) atoms. The summed E-state index contributed by atoms with van der Waals surface area (Å²) in [4.78, 5) is 4.39. The van der Waals surface area contributed by atoms with Gasteiger partial charge in [0.15, 0.2) is 0 Å². The first-order valence-electron chi connectivity index (χ1n) is 6.03. The number of hydrogen-bond donors (Lipinski definition) is 0. The maximum atomic E-state index is 4.39. The fourth-order valence-electron chi connectivity index (χ4n) is 1.79. The van der Waals surface area contributed by atoms with Crippen molar-refractivity contribution in [3.05, 3.63) is 60.3 Å². The molecule has 0 aliphatic carbocycles. The first-order chi connectivity index (χ1) is 8.40. The Kier molecular flexibility index (Phi) is 4.63. The summed E-state index contributed by atoms with van der Waals surface area (Å²) in [6.45, 7) is 2.23. The molecule has 0 aliphatic rings. The van der Waals surface area contributed by atoms with Crippen molar-refractivity contribution >= 4 is 11.8 Å². The van der Waals surface area contributed by atoms with Crippen molar-refractivity contribution in [2.75, 3.05) is 0 Å². The lowest BCUT2D eigenvalue weighted by Crippen LogP contribution is -1.94. The number of benzene rings is 1. The molecule has 2 rings (SSSR count). The van der Waals surface area contributed by atoms with Gasteiger partial charge in [-0.05, 0) is 24.1 Å². The van der Waals surface area contributed by atoms with Crippen LogP contribution in [0.4, 0.5) is 0 Å². The standard InChI is InChI=1S/C15H17NS/c1-2-8-14(13-9-4-3-5-10-13)17-15-11-6-7-12-16-15/h3-7,9-12,14H,2,8H2,1H3. The highest BCUT2D eigenvalue weighted by atomic mass is 32.2. The van der Waals surface area contributed by atoms with E-state index in [-0.39, 0.29) is 0 Å². The van der Waals surface area contributed by atoms with E-state index < -0.39 is 0 Å². The van der Waals surface area contributed by atoms with E-state index in [9.17, 15) is 0 Å². The average molecular weight is 243 g/mol. The van der Waals surface area contributed by atoms with Gasteiger partial charge in [-0.2, -0.15) is 0 Å². The smallest absolute Gasteiger partial charge is 0.0965 e. The van der Waals surface area contributed by atoms with Crippen molar-refractivity contribution < 1.29 is 0 Å². The minimum atomic E-state index is 0.510. The normalized spacial score (nSPS) is 12.3. The molecular weight excluding hydrogens is 226 g/mol. The van der Waals surface area contributed by atoms with E-state index in [0.717, 1.165) is 5.03 Å². The molecule has 0 saturated heterocycles. The summed E-state index contributed by atoms with van der Waals surface area (Å²) in [6, 6.07) is 16.8. The maximum Gasteiger partial charge on any atom is 0.0965 e.